The summed E-state index contributed by atoms with van der Waals surface area (Å²) in [4.78, 5) is 14.7. The molecule has 3 rings (SSSR count). The number of hydrogen-bond donors (Lipinski definition) is 2. The van der Waals surface area contributed by atoms with Gasteiger partial charge in [-0.05, 0) is 43.8 Å². The maximum Gasteiger partial charge on any atom is 0.257 e. The van der Waals surface area contributed by atoms with Gasteiger partial charge >= 0.3 is 0 Å². The lowest BCUT2D eigenvalue weighted by atomic mass is 9.94. The Balaban J connectivity index is 2.02. The highest BCUT2D eigenvalue weighted by atomic mass is 35.5. The zero-order valence-corrected chi connectivity index (χ0v) is 16.6. The Morgan fingerprint density at radius 2 is 2.04 bits per heavy atom. The Hall–Kier alpha value is -2.09. The summed E-state index contributed by atoms with van der Waals surface area (Å²) in [6.45, 7) is 3.58. The average molecular weight is 411 g/mol. The molecular weight excluding hydrogens is 395 g/mol. The van der Waals surface area contributed by atoms with Crippen LogP contribution in [0.1, 0.15) is 24.3 Å². The van der Waals surface area contributed by atoms with Gasteiger partial charge in [0.15, 0.2) is 10.9 Å². The van der Waals surface area contributed by atoms with Crippen LogP contribution in [0.5, 0.6) is 0 Å². The lowest BCUT2D eigenvalue weighted by molar-refractivity contribution is -0.113. The molecule has 1 amide bonds. The van der Waals surface area contributed by atoms with Gasteiger partial charge in [-0.3, -0.25) is 4.79 Å². The summed E-state index contributed by atoms with van der Waals surface area (Å²) in [6.07, 6.45) is 0. The Bertz CT molecular complexity index is 925. The van der Waals surface area contributed by atoms with Crippen molar-refractivity contribution in [1.29, 1.82) is 0 Å². The van der Waals surface area contributed by atoms with Crippen LogP contribution >= 0.6 is 35.4 Å². The number of allylic oxidation sites excluding steroid dienone is 1. The fraction of sp³-hybridized carbons (Fsp3) is 0.235. The molecule has 26 heavy (non-hydrogen) atoms. The molecule has 1 aliphatic heterocycles. The van der Waals surface area contributed by atoms with Crippen LogP contribution in [-0.4, -0.2) is 28.1 Å². The van der Waals surface area contributed by atoms with Crippen LogP contribution in [0.2, 0.25) is 10.0 Å². The van der Waals surface area contributed by atoms with Crippen LogP contribution in [0.15, 0.2) is 40.1 Å². The second-order valence-electron chi connectivity index (χ2n) is 5.89. The number of nitrogens with one attached hydrogen (secondary N) is 2. The minimum Gasteiger partial charge on any atom is -0.360 e. The molecular formula is C17H16Cl2N4O2S. The van der Waals surface area contributed by atoms with E-state index in [0.717, 1.165) is 11.3 Å². The zero-order valence-electron chi connectivity index (χ0n) is 14.3. The monoisotopic (exact) mass is 410 g/mol. The number of hydrogen-bond acceptors (Lipinski definition) is 4. The molecule has 0 radical (unpaired) electrons. The van der Waals surface area contributed by atoms with Gasteiger partial charge in [0.1, 0.15) is 5.76 Å². The molecule has 0 spiro atoms. The molecule has 0 bridgehead atoms. The van der Waals surface area contributed by atoms with Crippen molar-refractivity contribution in [3.63, 3.8) is 0 Å². The molecule has 1 aliphatic rings. The summed E-state index contributed by atoms with van der Waals surface area (Å²) >= 11 is 17.5. The number of amides is 1. The van der Waals surface area contributed by atoms with Crippen molar-refractivity contribution in [2.24, 2.45) is 0 Å². The number of aryl methyl sites for hydroxylation is 1. The van der Waals surface area contributed by atoms with Crippen LogP contribution < -0.4 is 10.6 Å². The molecule has 9 heteroatoms. The van der Waals surface area contributed by atoms with E-state index in [1.165, 1.54) is 0 Å². The highest BCUT2D eigenvalue weighted by Gasteiger charge is 2.33. The number of thiocarbonyl (C=S) groups is 1. The van der Waals surface area contributed by atoms with Crippen molar-refractivity contribution < 1.29 is 9.32 Å². The van der Waals surface area contributed by atoms with Gasteiger partial charge in [-0.15, -0.1) is 0 Å². The SMILES string of the molecule is CC1=C(C(=O)Nc2cc(C)on2)[C@@H](c2ccc(Cl)c(Cl)c2)NC(=S)N1C. The lowest BCUT2D eigenvalue weighted by Crippen LogP contribution is -2.46. The topological polar surface area (TPSA) is 70.4 Å². The fourth-order valence-corrected chi connectivity index (χ4v) is 3.24. The second kappa shape index (κ2) is 7.26. The Kier molecular flexibility index (Phi) is 5.22. The van der Waals surface area contributed by atoms with Gasteiger partial charge in [0.25, 0.3) is 5.91 Å². The van der Waals surface area contributed by atoms with E-state index in [9.17, 15) is 4.79 Å². The van der Waals surface area contributed by atoms with Crippen LogP contribution in [0.25, 0.3) is 0 Å². The first-order valence-corrected chi connectivity index (χ1v) is 8.89. The van der Waals surface area contributed by atoms with Crippen molar-refractivity contribution in [2.75, 3.05) is 12.4 Å². The first-order valence-electron chi connectivity index (χ1n) is 7.72. The molecule has 136 valence electrons. The van der Waals surface area contributed by atoms with Crippen LogP contribution in [0.3, 0.4) is 0 Å². The maximum absolute atomic E-state index is 13.0. The van der Waals surface area contributed by atoms with Gasteiger partial charge in [-0.25, -0.2) is 0 Å². The number of aromatic nitrogens is 1. The standard InChI is InChI=1S/C17H16Cl2N4O2S/c1-8-6-13(22-25-8)20-16(24)14-9(2)23(3)17(26)21-15(14)10-4-5-11(18)12(19)7-10/h4-7,15H,1-3H3,(H,21,26)(H,20,22,24)/t15-/m1/s1. The van der Waals surface area contributed by atoms with Gasteiger partial charge in [0.05, 0.1) is 21.7 Å². The third kappa shape index (κ3) is 3.56. The zero-order chi connectivity index (χ0) is 19.0. The van der Waals surface area contributed by atoms with Gasteiger partial charge in [-0.2, -0.15) is 0 Å². The van der Waals surface area contributed by atoms with Gasteiger partial charge < -0.3 is 20.1 Å². The molecule has 2 aromatic rings. The summed E-state index contributed by atoms with van der Waals surface area (Å²) < 4.78 is 5.00. The smallest absolute Gasteiger partial charge is 0.257 e. The molecule has 0 saturated carbocycles. The van der Waals surface area contributed by atoms with Gasteiger partial charge in [0, 0.05) is 18.8 Å². The van der Waals surface area contributed by atoms with Crippen molar-refractivity contribution in [2.45, 2.75) is 19.9 Å². The highest BCUT2D eigenvalue weighted by molar-refractivity contribution is 7.80. The van der Waals surface area contributed by atoms with E-state index in [1.54, 1.807) is 43.1 Å². The van der Waals surface area contributed by atoms with Crippen molar-refractivity contribution in [3.8, 4) is 0 Å². The molecule has 0 fully saturated rings. The summed E-state index contributed by atoms with van der Waals surface area (Å²) in [6, 6.07) is 6.39. The van der Waals surface area contributed by atoms with Crippen LogP contribution in [0.4, 0.5) is 5.82 Å². The summed E-state index contributed by atoms with van der Waals surface area (Å²) in [5.74, 6) is 0.636. The third-order valence-corrected chi connectivity index (χ3v) is 5.28. The Labute approximate surface area is 166 Å². The largest absolute Gasteiger partial charge is 0.360 e. The number of carbonyl (C=O) groups excluding carboxylic acids is 1. The van der Waals surface area contributed by atoms with Crippen molar-refractivity contribution in [1.82, 2.24) is 15.4 Å². The molecule has 0 unspecified atom stereocenters. The molecule has 0 aliphatic carbocycles. The van der Waals surface area contributed by atoms with E-state index < -0.39 is 6.04 Å². The Morgan fingerprint density at radius 1 is 1.31 bits per heavy atom. The molecule has 2 N–H and O–H groups in total. The maximum atomic E-state index is 13.0. The number of anilines is 1. The molecule has 0 saturated heterocycles. The number of rotatable bonds is 3. The number of carbonyl (C=O) groups is 1. The summed E-state index contributed by atoms with van der Waals surface area (Å²) in [5, 5.41) is 11.1. The van der Waals surface area contributed by atoms with Crippen LogP contribution in [-0.2, 0) is 4.79 Å². The van der Waals surface area contributed by atoms with Gasteiger partial charge in [0.2, 0.25) is 0 Å². The molecule has 6 nitrogen and oxygen atoms in total. The van der Waals surface area contributed by atoms with E-state index in [1.807, 2.05) is 6.92 Å². The summed E-state index contributed by atoms with van der Waals surface area (Å²) in [5.41, 5.74) is 2.00. The number of benzene rings is 1. The molecule has 1 aromatic carbocycles. The molecule has 1 aromatic heterocycles. The average Bonchev–Trinajstić information content (AvgIpc) is 2.99. The number of nitrogens with zero attached hydrogens (tertiary/aromatic N) is 2. The second-order valence-corrected chi connectivity index (χ2v) is 7.09. The predicted molar refractivity (Wildman–Crippen MR) is 105 cm³/mol. The van der Waals surface area contributed by atoms with E-state index in [2.05, 4.69) is 15.8 Å². The normalized spacial score (nSPS) is 17.3. The lowest BCUT2D eigenvalue weighted by Gasteiger charge is -2.35. The minimum absolute atomic E-state index is 0.311. The van der Waals surface area contributed by atoms with E-state index in [-0.39, 0.29) is 5.91 Å². The summed E-state index contributed by atoms with van der Waals surface area (Å²) in [7, 11) is 1.79. The molecule has 1 atom stereocenters. The third-order valence-electron chi connectivity index (χ3n) is 4.15. The molecule has 2 heterocycles. The Morgan fingerprint density at radius 3 is 2.65 bits per heavy atom. The highest BCUT2D eigenvalue weighted by Crippen LogP contribution is 2.33. The minimum atomic E-state index is -0.471. The quantitative estimate of drug-likeness (QED) is 0.743. The van der Waals surface area contributed by atoms with Gasteiger partial charge in [-0.1, -0.05) is 34.4 Å². The van der Waals surface area contributed by atoms with E-state index >= 15 is 0 Å². The first-order chi connectivity index (χ1) is 12.3. The van der Waals surface area contributed by atoms with Crippen molar-refractivity contribution >= 4 is 52.3 Å². The fourth-order valence-electron chi connectivity index (χ4n) is 2.68. The van der Waals surface area contributed by atoms with E-state index in [0.29, 0.717) is 32.3 Å². The predicted octanol–water partition coefficient (Wildman–Crippen LogP) is 4.06. The van der Waals surface area contributed by atoms with E-state index in [4.69, 9.17) is 39.9 Å². The van der Waals surface area contributed by atoms with Crippen molar-refractivity contribution in [3.05, 3.63) is 56.9 Å². The van der Waals surface area contributed by atoms with Crippen LogP contribution in [0, 0.1) is 6.92 Å². The first kappa shape index (κ1) is 18.7. The number of halogens is 2.